The van der Waals surface area contributed by atoms with Crippen molar-refractivity contribution in [2.24, 2.45) is 5.92 Å². The van der Waals surface area contributed by atoms with Crippen LogP contribution in [0.4, 0.5) is 5.13 Å². The molecule has 0 aliphatic heterocycles. The Balaban J connectivity index is 1.48. The second-order valence-corrected chi connectivity index (χ2v) is 10.8. The number of aliphatic carboxylic acids is 1. The fourth-order valence-corrected chi connectivity index (χ4v) is 5.71. The van der Waals surface area contributed by atoms with Gasteiger partial charge in [0.2, 0.25) is 0 Å². The number of nitrogens with zero attached hydrogens (tertiary/aromatic N) is 1. The highest BCUT2D eigenvalue weighted by molar-refractivity contribution is 7.14. The minimum absolute atomic E-state index is 0.0705. The summed E-state index contributed by atoms with van der Waals surface area (Å²) in [5.41, 5.74) is 3.04. The monoisotopic (exact) mass is 574 g/mol. The first-order valence-electron chi connectivity index (χ1n) is 12.2. The molecule has 0 bridgehead atoms. The van der Waals surface area contributed by atoms with Crippen LogP contribution in [0.1, 0.15) is 54.1 Å². The van der Waals surface area contributed by atoms with Gasteiger partial charge in [0.1, 0.15) is 5.75 Å². The number of halogens is 2. The van der Waals surface area contributed by atoms with Crippen LogP contribution in [0.15, 0.2) is 41.3 Å². The zero-order valence-electron chi connectivity index (χ0n) is 21.1. The number of para-hydroxylation sites is 1. The van der Waals surface area contributed by atoms with Crippen LogP contribution in [-0.4, -0.2) is 35.7 Å². The molecule has 1 saturated carbocycles. The molecule has 7 nitrogen and oxygen atoms in total. The first-order chi connectivity index (χ1) is 18.3. The SMILES string of the molecule is COc1c(COCC2CCCC2)cccc1-c1csc(NC(=O)c2cc(Cl)c(/C=C(\C)C(=O)O)c(Cl)c2)n1. The maximum Gasteiger partial charge on any atom is 0.331 e. The third kappa shape index (κ3) is 6.74. The van der Waals surface area contributed by atoms with Crippen LogP contribution in [0, 0.1) is 5.92 Å². The van der Waals surface area contributed by atoms with Crippen molar-refractivity contribution < 1.29 is 24.2 Å². The molecule has 4 rings (SSSR count). The first-order valence-corrected chi connectivity index (χ1v) is 13.8. The zero-order chi connectivity index (χ0) is 27.2. The van der Waals surface area contributed by atoms with E-state index in [0.717, 1.165) is 17.7 Å². The van der Waals surface area contributed by atoms with Crippen LogP contribution >= 0.6 is 34.5 Å². The van der Waals surface area contributed by atoms with Crippen molar-refractivity contribution in [3.05, 3.63) is 68.0 Å². The fraction of sp³-hybridized carbons (Fsp3) is 0.321. The summed E-state index contributed by atoms with van der Waals surface area (Å²) >= 11 is 13.9. The molecule has 1 amide bonds. The van der Waals surface area contributed by atoms with E-state index in [0.29, 0.717) is 34.7 Å². The Kier molecular flexibility index (Phi) is 9.44. The van der Waals surface area contributed by atoms with Crippen molar-refractivity contribution in [3.8, 4) is 17.0 Å². The minimum Gasteiger partial charge on any atom is -0.496 e. The lowest BCUT2D eigenvalue weighted by atomic mass is 10.1. The molecule has 1 aromatic heterocycles. The number of thiazole rings is 1. The molecular weight excluding hydrogens is 547 g/mol. The molecule has 0 radical (unpaired) electrons. The number of methoxy groups -OCH3 is 1. The van der Waals surface area contributed by atoms with E-state index in [-0.39, 0.29) is 21.2 Å². The number of carbonyl (C=O) groups excluding carboxylic acids is 1. The van der Waals surface area contributed by atoms with Gasteiger partial charge in [-0.2, -0.15) is 0 Å². The Labute approximate surface area is 235 Å². The molecule has 1 heterocycles. The number of hydrogen-bond donors (Lipinski definition) is 2. The third-order valence-electron chi connectivity index (χ3n) is 6.43. The minimum atomic E-state index is -1.09. The summed E-state index contributed by atoms with van der Waals surface area (Å²) in [6.07, 6.45) is 6.39. The van der Waals surface area contributed by atoms with Gasteiger partial charge in [0.15, 0.2) is 5.13 Å². The molecule has 200 valence electrons. The van der Waals surface area contributed by atoms with Gasteiger partial charge in [-0.25, -0.2) is 9.78 Å². The summed E-state index contributed by atoms with van der Waals surface area (Å²) in [7, 11) is 1.62. The number of benzene rings is 2. The lowest BCUT2D eigenvalue weighted by Gasteiger charge is -2.14. The highest BCUT2D eigenvalue weighted by Gasteiger charge is 2.19. The van der Waals surface area contributed by atoms with E-state index >= 15 is 0 Å². The predicted molar refractivity (Wildman–Crippen MR) is 151 cm³/mol. The number of rotatable bonds is 10. The summed E-state index contributed by atoms with van der Waals surface area (Å²) in [5.74, 6) is -0.195. The molecule has 0 saturated heterocycles. The number of carboxylic acids is 1. The first kappa shape index (κ1) is 28.1. The number of ether oxygens (including phenoxy) is 2. The van der Waals surface area contributed by atoms with Gasteiger partial charge in [-0.3, -0.25) is 10.1 Å². The van der Waals surface area contributed by atoms with Gasteiger partial charge < -0.3 is 14.6 Å². The van der Waals surface area contributed by atoms with Crippen molar-refractivity contribution in [3.63, 3.8) is 0 Å². The van der Waals surface area contributed by atoms with E-state index in [1.54, 1.807) is 7.11 Å². The van der Waals surface area contributed by atoms with Crippen LogP contribution in [0.3, 0.4) is 0 Å². The third-order valence-corrected chi connectivity index (χ3v) is 7.81. The largest absolute Gasteiger partial charge is 0.496 e. The zero-order valence-corrected chi connectivity index (χ0v) is 23.4. The molecule has 1 aliphatic carbocycles. The Morgan fingerprint density at radius 1 is 1.21 bits per heavy atom. The molecular formula is C28H28Cl2N2O5S. The summed E-state index contributed by atoms with van der Waals surface area (Å²) in [5, 5.41) is 14.5. The summed E-state index contributed by atoms with van der Waals surface area (Å²) in [6, 6.07) is 8.73. The summed E-state index contributed by atoms with van der Waals surface area (Å²) < 4.78 is 11.7. The topological polar surface area (TPSA) is 97.8 Å². The van der Waals surface area contributed by atoms with Crippen LogP contribution in [0.5, 0.6) is 5.75 Å². The van der Waals surface area contributed by atoms with Crippen LogP contribution in [0.25, 0.3) is 17.3 Å². The molecule has 3 aromatic rings. The standard InChI is InChI=1S/C28H28Cl2N2O5S/c1-16(27(34)35)10-21-22(29)11-19(12-23(21)30)26(33)32-28-31-24(15-38-28)20-9-5-8-18(25(20)36-2)14-37-13-17-6-3-4-7-17/h5,8-12,15,17H,3-4,6-7,13-14H2,1-2H3,(H,34,35)(H,31,32,33)/b16-10+. The van der Waals surface area contributed by atoms with Gasteiger partial charge in [0, 0.05) is 39.8 Å². The molecule has 0 unspecified atom stereocenters. The smallest absolute Gasteiger partial charge is 0.331 e. The quantitative estimate of drug-likeness (QED) is 0.242. The van der Waals surface area contributed by atoms with Gasteiger partial charge in [-0.05, 0) is 50.0 Å². The Morgan fingerprint density at radius 2 is 1.92 bits per heavy atom. The van der Waals surface area contributed by atoms with Crippen molar-refractivity contribution >= 4 is 57.6 Å². The average molecular weight is 576 g/mol. The highest BCUT2D eigenvalue weighted by atomic mass is 35.5. The van der Waals surface area contributed by atoms with Crippen molar-refractivity contribution in [1.29, 1.82) is 0 Å². The second kappa shape index (κ2) is 12.8. The van der Waals surface area contributed by atoms with Crippen molar-refractivity contribution in [2.75, 3.05) is 19.0 Å². The van der Waals surface area contributed by atoms with E-state index in [1.165, 1.54) is 62.2 Å². The number of anilines is 1. The summed E-state index contributed by atoms with van der Waals surface area (Å²) in [6.45, 7) is 2.65. The molecule has 10 heteroatoms. The number of carbonyl (C=O) groups is 2. The van der Waals surface area contributed by atoms with E-state index in [4.69, 9.17) is 37.8 Å². The Bertz CT molecular complexity index is 1340. The molecule has 2 N–H and O–H groups in total. The van der Waals surface area contributed by atoms with Crippen LogP contribution in [-0.2, 0) is 16.1 Å². The number of aromatic nitrogens is 1. The van der Waals surface area contributed by atoms with Crippen LogP contribution < -0.4 is 10.1 Å². The predicted octanol–water partition coefficient (Wildman–Crippen LogP) is 7.57. The van der Waals surface area contributed by atoms with Gasteiger partial charge >= 0.3 is 5.97 Å². The molecule has 1 fully saturated rings. The van der Waals surface area contributed by atoms with E-state index in [2.05, 4.69) is 10.3 Å². The van der Waals surface area contributed by atoms with Gasteiger partial charge in [0.25, 0.3) is 5.91 Å². The van der Waals surface area contributed by atoms with E-state index in [1.807, 2.05) is 23.6 Å². The molecule has 38 heavy (non-hydrogen) atoms. The molecule has 1 aliphatic rings. The summed E-state index contributed by atoms with van der Waals surface area (Å²) in [4.78, 5) is 28.6. The van der Waals surface area contributed by atoms with E-state index < -0.39 is 11.9 Å². The maximum absolute atomic E-state index is 12.9. The normalized spacial score (nSPS) is 14.1. The number of hydrogen-bond acceptors (Lipinski definition) is 6. The van der Waals surface area contributed by atoms with Crippen molar-refractivity contribution in [1.82, 2.24) is 4.98 Å². The lowest BCUT2D eigenvalue weighted by Crippen LogP contribution is -2.12. The van der Waals surface area contributed by atoms with Crippen LogP contribution in [0.2, 0.25) is 10.0 Å². The van der Waals surface area contributed by atoms with E-state index in [9.17, 15) is 9.59 Å². The fourth-order valence-electron chi connectivity index (χ4n) is 4.41. The number of carboxylic acid groups (broad SMARTS) is 1. The molecule has 0 spiro atoms. The Hall–Kier alpha value is -2.91. The number of amides is 1. The van der Waals surface area contributed by atoms with Crippen molar-refractivity contribution in [2.45, 2.75) is 39.2 Å². The number of nitrogens with one attached hydrogen (secondary N) is 1. The van der Waals surface area contributed by atoms with Gasteiger partial charge in [0.05, 0.1) is 29.5 Å². The van der Waals surface area contributed by atoms with Gasteiger partial charge in [-0.15, -0.1) is 11.3 Å². The highest BCUT2D eigenvalue weighted by Crippen LogP contribution is 2.36. The molecule has 0 atom stereocenters. The average Bonchev–Trinajstić information content (AvgIpc) is 3.58. The maximum atomic E-state index is 12.9. The Morgan fingerprint density at radius 3 is 2.58 bits per heavy atom. The van der Waals surface area contributed by atoms with Gasteiger partial charge in [-0.1, -0.05) is 48.2 Å². The lowest BCUT2D eigenvalue weighted by molar-refractivity contribution is -0.132. The second-order valence-electron chi connectivity index (χ2n) is 9.14. The molecule has 2 aromatic carbocycles.